The van der Waals surface area contributed by atoms with Gasteiger partial charge < -0.3 is 10.3 Å². The summed E-state index contributed by atoms with van der Waals surface area (Å²) < 4.78 is 0. The number of carbonyl (C=O) groups excluding carboxylic acids is 1. The molecular formula is C21H22Cl2N4O2. The van der Waals surface area contributed by atoms with E-state index in [-0.39, 0.29) is 24.1 Å². The third-order valence-corrected chi connectivity index (χ3v) is 5.33. The molecule has 3 aromatic rings. The van der Waals surface area contributed by atoms with Crippen molar-refractivity contribution in [1.29, 1.82) is 0 Å². The highest BCUT2D eigenvalue weighted by molar-refractivity contribution is 6.36. The summed E-state index contributed by atoms with van der Waals surface area (Å²) in [5, 5.41) is 4.23. The van der Waals surface area contributed by atoms with E-state index in [4.69, 9.17) is 23.2 Å². The van der Waals surface area contributed by atoms with E-state index in [1.54, 1.807) is 36.4 Å². The lowest BCUT2D eigenvalue weighted by atomic mass is 10.2. The zero-order chi connectivity index (χ0) is 21.0. The number of para-hydroxylation sites is 1. The van der Waals surface area contributed by atoms with E-state index in [9.17, 15) is 9.59 Å². The Morgan fingerprint density at radius 3 is 2.72 bits per heavy atom. The molecule has 1 atom stereocenters. The SMILES string of the molecule is CCC(C)N(CC(=O)Nc1ccc(Cl)cc1Cl)Cc1nc2ccccc2c(=O)[nH]1. The van der Waals surface area contributed by atoms with Crippen molar-refractivity contribution in [2.75, 3.05) is 11.9 Å². The van der Waals surface area contributed by atoms with Crippen LogP contribution in [0.3, 0.4) is 0 Å². The van der Waals surface area contributed by atoms with Gasteiger partial charge in [0.15, 0.2) is 0 Å². The molecule has 0 aliphatic rings. The first-order valence-electron chi connectivity index (χ1n) is 9.34. The fraction of sp³-hybridized carbons (Fsp3) is 0.286. The summed E-state index contributed by atoms with van der Waals surface area (Å²) in [5.74, 6) is 0.309. The third-order valence-electron chi connectivity index (χ3n) is 4.78. The Labute approximate surface area is 178 Å². The summed E-state index contributed by atoms with van der Waals surface area (Å²) in [4.78, 5) is 34.3. The predicted octanol–water partition coefficient (Wildman–Crippen LogP) is 4.47. The van der Waals surface area contributed by atoms with Gasteiger partial charge in [-0.05, 0) is 43.7 Å². The summed E-state index contributed by atoms with van der Waals surface area (Å²) in [6.45, 7) is 4.55. The number of nitrogens with zero attached hydrogens (tertiary/aromatic N) is 2. The van der Waals surface area contributed by atoms with Gasteiger partial charge in [0.2, 0.25) is 5.91 Å². The van der Waals surface area contributed by atoms with E-state index >= 15 is 0 Å². The van der Waals surface area contributed by atoms with Crippen LogP contribution in [0.5, 0.6) is 0 Å². The molecule has 3 rings (SSSR count). The number of aromatic amines is 1. The second kappa shape index (κ2) is 9.39. The molecule has 152 valence electrons. The van der Waals surface area contributed by atoms with Crippen molar-refractivity contribution in [2.45, 2.75) is 32.9 Å². The minimum atomic E-state index is -0.211. The highest BCUT2D eigenvalue weighted by Gasteiger charge is 2.19. The van der Waals surface area contributed by atoms with Crippen molar-refractivity contribution in [3.05, 3.63) is 68.7 Å². The van der Waals surface area contributed by atoms with Crippen LogP contribution in [0.25, 0.3) is 10.9 Å². The summed E-state index contributed by atoms with van der Waals surface area (Å²) in [6, 6.07) is 12.2. The smallest absolute Gasteiger partial charge is 0.258 e. The lowest BCUT2D eigenvalue weighted by Gasteiger charge is -2.27. The van der Waals surface area contributed by atoms with Gasteiger partial charge in [0.1, 0.15) is 5.82 Å². The average molecular weight is 433 g/mol. The molecule has 1 amide bonds. The second-order valence-electron chi connectivity index (χ2n) is 6.86. The maximum atomic E-state index is 12.6. The number of rotatable bonds is 7. The number of benzene rings is 2. The molecule has 29 heavy (non-hydrogen) atoms. The minimum Gasteiger partial charge on any atom is -0.324 e. The molecule has 1 unspecified atom stereocenters. The quantitative estimate of drug-likeness (QED) is 0.577. The number of H-pyrrole nitrogens is 1. The molecule has 0 spiro atoms. The first-order chi connectivity index (χ1) is 13.9. The van der Waals surface area contributed by atoms with Crippen LogP contribution in [0.2, 0.25) is 10.0 Å². The van der Waals surface area contributed by atoms with Gasteiger partial charge in [-0.3, -0.25) is 14.5 Å². The number of amides is 1. The number of nitrogens with one attached hydrogen (secondary N) is 2. The molecule has 6 nitrogen and oxygen atoms in total. The van der Waals surface area contributed by atoms with Gasteiger partial charge >= 0.3 is 0 Å². The molecule has 0 saturated carbocycles. The van der Waals surface area contributed by atoms with Crippen molar-refractivity contribution < 1.29 is 4.79 Å². The number of carbonyl (C=O) groups is 1. The van der Waals surface area contributed by atoms with E-state index in [1.807, 2.05) is 24.8 Å². The van der Waals surface area contributed by atoms with Gasteiger partial charge in [-0.1, -0.05) is 42.3 Å². The Balaban J connectivity index is 1.78. The van der Waals surface area contributed by atoms with Crippen LogP contribution in [0.1, 0.15) is 26.1 Å². The number of aromatic nitrogens is 2. The summed E-state index contributed by atoms with van der Waals surface area (Å²) in [7, 11) is 0. The Kier molecular flexibility index (Phi) is 6.90. The standard InChI is InChI=1S/C21H22Cl2N4O2/c1-3-13(2)27(12-20(28)25-18-9-8-14(22)10-16(18)23)11-19-24-17-7-5-4-6-15(17)21(29)26-19/h4-10,13H,3,11-12H2,1-2H3,(H,25,28)(H,24,26,29). The highest BCUT2D eigenvalue weighted by Crippen LogP contribution is 2.25. The van der Waals surface area contributed by atoms with Gasteiger partial charge in [0, 0.05) is 11.1 Å². The second-order valence-corrected chi connectivity index (χ2v) is 7.71. The zero-order valence-electron chi connectivity index (χ0n) is 16.2. The zero-order valence-corrected chi connectivity index (χ0v) is 17.7. The molecule has 0 fully saturated rings. The van der Waals surface area contributed by atoms with Crippen molar-refractivity contribution in [2.24, 2.45) is 0 Å². The topological polar surface area (TPSA) is 78.1 Å². The number of hydrogen-bond donors (Lipinski definition) is 2. The molecule has 1 aromatic heterocycles. The summed E-state index contributed by atoms with van der Waals surface area (Å²) in [5.41, 5.74) is 0.947. The predicted molar refractivity (Wildman–Crippen MR) is 118 cm³/mol. The number of anilines is 1. The Morgan fingerprint density at radius 2 is 2.00 bits per heavy atom. The first-order valence-corrected chi connectivity index (χ1v) is 10.1. The largest absolute Gasteiger partial charge is 0.324 e. The van der Waals surface area contributed by atoms with E-state index in [0.717, 1.165) is 6.42 Å². The molecule has 2 N–H and O–H groups in total. The fourth-order valence-corrected chi connectivity index (χ4v) is 3.45. The summed E-state index contributed by atoms with van der Waals surface area (Å²) in [6.07, 6.45) is 0.840. The van der Waals surface area contributed by atoms with E-state index in [0.29, 0.717) is 39.0 Å². The van der Waals surface area contributed by atoms with Gasteiger partial charge in [-0.25, -0.2) is 4.98 Å². The maximum absolute atomic E-state index is 12.6. The minimum absolute atomic E-state index is 0.109. The molecule has 2 aromatic carbocycles. The van der Waals surface area contributed by atoms with Gasteiger partial charge in [0.25, 0.3) is 5.56 Å². The van der Waals surface area contributed by atoms with Crippen LogP contribution in [0.4, 0.5) is 5.69 Å². The van der Waals surface area contributed by atoms with Gasteiger partial charge in [-0.2, -0.15) is 0 Å². The van der Waals surface area contributed by atoms with E-state index < -0.39 is 0 Å². The maximum Gasteiger partial charge on any atom is 0.258 e. The number of halogens is 2. The van der Waals surface area contributed by atoms with Crippen LogP contribution in [-0.4, -0.2) is 33.4 Å². The molecule has 8 heteroatoms. The fourth-order valence-electron chi connectivity index (χ4n) is 2.99. The van der Waals surface area contributed by atoms with Crippen LogP contribution in [0, 0.1) is 0 Å². The summed E-state index contributed by atoms with van der Waals surface area (Å²) >= 11 is 12.0. The molecule has 0 aliphatic heterocycles. The van der Waals surface area contributed by atoms with Gasteiger partial charge in [0.05, 0.1) is 34.7 Å². The monoisotopic (exact) mass is 432 g/mol. The van der Waals surface area contributed by atoms with Crippen molar-refractivity contribution >= 4 is 45.7 Å². The molecule has 0 aliphatic carbocycles. The normalized spacial score (nSPS) is 12.3. The molecule has 0 bridgehead atoms. The molecular weight excluding hydrogens is 411 g/mol. The third kappa shape index (κ3) is 5.35. The number of fused-ring (bicyclic) bond motifs is 1. The Bertz CT molecular complexity index is 1080. The van der Waals surface area contributed by atoms with Crippen LogP contribution in [-0.2, 0) is 11.3 Å². The first kappa shape index (κ1) is 21.3. The molecule has 1 heterocycles. The van der Waals surface area contributed by atoms with Crippen molar-refractivity contribution in [3.8, 4) is 0 Å². The van der Waals surface area contributed by atoms with E-state index in [2.05, 4.69) is 15.3 Å². The van der Waals surface area contributed by atoms with Crippen molar-refractivity contribution in [3.63, 3.8) is 0 Å². The lowest BCUT2D eigenvalue weighted by molar-refractivity contribution is -0.118. The molecule has 0 radical (unpaired) electrons. The lowest BCUT2D eigenvalue weighted by Crippen LogP contribution is -2.39. The Hall–Kier alpha value is -2.41. The van der Waals surface area contributed by atoms with Crippen LogP contribution in [0.15, 0.2) is 47.3 Å². The van der Waals surface area contributed by atoms with Crippen molar-refractivity contribution in [1.82, 2.24) is 14.9 Å². The van der Waals surface area contributed by atoms with Crippen LogP contribution >= 0.6 is 23.2 Å². The molecule has 0 saturated heterocycles. The van der Waals surface area contributed by atoms with Gasteiger partial charge in [-0.15, -0.1) is 0 Å². The van der Waals surface area contributed by atoms with Crippen LogP contribution < -0.4 is 10.9 Å². The average Bonchev–Trinajstić information content (AvgIpc) is 2.69. The number of hydrogen-bond acceptors (Lipinski definition) is 4. The highest BCUT2D eigenvalue weighted by atomic mass is 35.5. The van der Waals surface area contributed by atoms with E-state index in [1.165, 1.54) is 0 Å². The Morgan fingerprint density at radius 1 is 1.24 bits per heavy atom.